The maximum atomic E-state index is 9.36. The van der Waals surface area contributed by atoms with Crippen molar-refractivity contribution in [3.63, 3.8) is 0 Å². The number of aromatic hydroxyl groups is 1. The van der Waals surface area contributed by atoms with Crippen molar-refractivity contribution in [2.75, 3.05) is 0 Å². The Morgan fingerprint density at radius 2 is 2.00 bits per heavy atom. The first kappa shape index (κ1) is 7.28. The van der Waals surface area contributed by atoms with Gasteiger partial charge < -0.3 is 14.6 Å². The molecule has 2 rings (SSSR count). The number of fused-ring (bicyclic) bond motifs is 1. The van der Waals surface area contributed by atoms with Gasteiger partial charge in [0, 0.05) is 13.8 Å². The molecule has 1 aliphatic heterocycles. The van der Waals surface area contributed by atoms with E-state index in [1.807, 2.05) is 0 Å². The van der Waals surface area contributed by atoms with E-state index >= 15 is 0 Å². The summed E-state index contributed by atoms with van der Waals surface area (Å²) < 4.78 is 10.7. The Hall–Kier alpha value is -1.38. The molecule has 0 saturated heterocycles. The zero-order chi connectivity index (χ0) is 8.77. The van der Waals surface area contributed by atoms with Crippen LogP contribution in [0.25, 0.3) is 0 Å². The molecule has 64 valence electrons. The van der Waals surface area contributed by atoms with Crippen molar-refractivity contribution in [1.29, 1.82) is 0 Å². The van der Waals surface area contributed by atoms with Crippen molar-refractivity contribution in [1.82, 2.24) is 0 Å². The number of phenolic OH excluding ortho intramolecular Hbond substituents is 1. The Labute approximate surface area is 70.5 Å². The van der Waals surface area contributed by atoms with Gasteiger partial charge in [0.15, 0.2) is 11.5 Å². The highest BCUT2D eigenvalue weighted by molar-refractivity contribution is 5.52. The molecule has 0 bridgehead atoms. The number of phenols is 1. The van der Waals surface area contributed by atoms with E-state index in [-0.39, 0.29) is 5.75 Å². The zero-order valence-electron chi connectivity index (χ0n) is 7.00. The molecule has 1 heterocycles. The first-order valence-electron chi connectivity index (χ1n) is 3.78. The fraction of sp³-hybridized carbons (Fsp3) is 0.333. The normalized spacial score (nSPS) is 17.8. The van der Waals surface area contributed by atoms with Crippen molar-refractivity contribution in [2.45, 2.75) is 19.6 Å². The van der Waals surface area contributed by atoms with Crippen molar-refractivity contribution < 1.29 is 14.6 Å². The van der Waals surface area contributed by atoms with E-state index in [4.69, 9.17) is 9.47 Å². The van der Waals surface area contributed by atoms with E-state index in [1.165, 1.54) is 0 Å². The van der Waals surface area contributed by atoms with Crippen LogP contribution in [0.5, 0.6) is 17.2 Å². The van der Waals surface area contributed by atoms with Gasteiger partial charge in [-0.1, -0.05) is 6.07 Å². The van der Waals surface area contributed by atoms with E-state index in [2.05, 4.69) is 0 Å². The summed E-state index contributed by atoms with van der Waals surface area (Å²) >= 11 is 0. The van der Waals surface area contributed by atoms with Crippen molar-refractivity contribution in [3.8, 4) is 17.2 Å². The Bertz CT molecular complexity index is 318. The summed E-state index contributed by atoms with van der Waals surface area (Å²) in [6.07, 6.45) is 0. The summed E-state index contributed by atoms with van der Waals surface area (Å²) in [5.74, 6) is 0.488. The summed E-state index contributed by atoms with van der Waals surface area (Å²) in [4.78, 5) is 0. The highest BCUT2D eigenvalue weighted by Gasteiger charge is 2.33. The fourth-order valence-electron chi connectivity index (χ4n) is 1.22. The number of rotatable bonds is 0. The molecule has 1 aromatic rings. The van der Waals surface area contributed by atoms with Gasteiger partial charge in [-0.25, -0.2) is 0 Å². The minimum absolute atomic E-state index is 0.123. The zero-order valence-corrected chi connectivity index (χ0v) is 7.00. The van der Waals surface area contributed by atoms with Crippen LogP contribution in [0.3, 0.4) is 0 Å². The standard InChI is InChI=1S/C9H10O3/c1-9(2)11-7-5-3-4-6(10)8(7)12-9/h3-5,10H,1-2H3. The number of para-hydroxylation sites is 1. The minimum Gasteiger partial charge on any atom is -0.504 e. The second kappa shape index (κ2) is 2.06. The van der Waals surface area contributed by atoms with Crippen LogP contribution in [0.4, 0.5) is 0 Å². The van der Waals surface area contributed by atoms with E-state index in [0.717, 1.165) is 0 Å². The maximum absolute atomic E-state index is 9.36. The van der Waals surface area contributed by atoms with Gasteiger partial charge in [0.25, 0.3) is 0 Å². The van der Waals surface area contributed by atoms with Crippen LogP contribution >= 0.6 is 0 Å². The summed E-state index contributed by atoms with van der Waals surface area (Å²) in [5, 5.41) is 9.36. The fourth-order valence-corrected chi connectivity index (χ4v) is 1.22. The number of hydrogen-bond acceptors (Lipinski definition) is 3. The quantitative estimate of drug-likeness (QED) is 0.639. The second-order valence-electron chi connectivity index (χ2n) is 3.21. The van der Waals surface area contributed by atoms with Crippen LogP contribution in [0.2, 0.25) is 0 Å². The molecule has 1 aliphatic rings. The molecule has 0 fully saturated rings. The van der Waals surface area contributed by atoms with E-state index in [9.17, 15) is 5.11 Å². The molecule has 0 radical (unpaired) electrons. The summed E-state index contributed by atoms with van der Waals surface area (Å²) in [5.41, 5.74) is 0. The predicted octanol–water partition coefficient (Wildman–Crippen LogP) is 1.90. The Morgan fingerprint density at radius 1 is 1.25 bits per heavy atom. The Balaban J connectivity index is 2.48. The molecular formula is C9H10O3. The van der Waals surface area contributed by atoms with Crippen LogP contribution < -0.4 is 9.47 Å². The lowest BCUT2D eigenvalue weighted by Crippen LogP contribution is -2.29. The van der Waals surface area contributed by atoms with E-state index in [1.54, 1.807) is 32.0 Å². The van der Waals surface area contributed by atoms with Gasteiger partial charge in [0.2, 0.25) is 11.5 Å². The third-order valence-corrected chi connectivity index (χ3v) is 1.66. The lowest BCUT2D eigenvalue weighted by molar-refractivity contribution is -0.0439. The largest absolute Gasteiger partial charge is 0.504 e. The van der Waals surface area contributed by atoms with Gasteiger partial charge in [-0.15, -0.1) is 0 Å². The Kier molecular flexibility index (Phi) is 1.25. The molecule has 0 aromatic heterocycles. The van der Waals surface area contributed by atoms with Gasteiger partial charge in [-0.2, -0.15) is 0 Å². The monoisotopic (exact) mass is 166 g/mol. The summed E-state index contributed by atoms with van der Waals surface area (Å²) in [6.45, 7) is 3.60. The SMILES string of the molecule is CC1(C)Oc2cccc(O)c2O1. The highest BCUT2D eigenvalue weighted by atomic mass is 16.7. The third-order valence-electron chi connectivity index (χ3n) is 1.66. The third kappa shape index (κ3) is 0.978. The number of ether oxygens (including phenoxy) is 2. The van der Waals surface area contributed by atoms with E-state index in [0.29, 0.717) is 11.5 Å². The molecule has 1 N–H and O–H groups in total. The molecule has 0 atom stereocenters. The number of benzene rings is 1. The maximum Gasteiger partial charge on any atom is 0.246 e. The Morgan fingerprint density at radius 3 is 2.67 bits per heavy atom. The van der Waals surface area contributed by atoms with Crippen LogP contribution in [-0.4, -0.2) is 10.9 Å². The van der Waals surface area contributed by atoms with Crippen molar-refractivity contribution in [3.05, 3.63) is 18.2 Å². The molecule has 0 saturated carbocycles. The smallest absolute Gasteiger partial charge is 0.246 e. The molecule has 0 amide bonds. The van der Waals surface area contributed by atoms with Gasteiger partial charge in [-0.05, 0) is 12.1 Å². The molecule has 3 heteroatoms. The van der Waals surface area contributed by atoms with Crippen molar-refractivity contribution in [2.24, 2.45) is 0 Å². The molecule has 0 spiro atoms. The molecule has 0 aliphatic carbocycles. The average molecular weight is 166 g/mol. The van der Waals surface area contributed by atoms with Crippen LogP contribution in [0, 0.1) is 0 Å². The predicted molar refractivity (Wildman–Crippen MR) is 43.4 cm³/mol. The lowest BCUT2D eigenvalue weighted by Gasteiger charge is -2.16. The molecule has 12 heavy (non-hydrogen) atoms. The molecule has 0 unspecified atom stereocenters. The van der Waals surface area contributed by atoms with Gasteiger partial charge in [0.1, 0.15) is 0 Å². The second-order valence-corrected chi connectivity index (χ2v) is 3.21. The summed E-state index contributed by atoms with van der Waals surface area (Å²) in [7, 11) is 0. The van der Waals surface area contributed by atoms with Crippen LogP contribution in [0.1, 0.15) is 13.8 Å². The topological polar surface area (TPSA) is 38.7 Å². The van der Waals surface area contributed by atoms with Crippen molar-refractivity contribution >= 4 is 0 Å². The lowest BCUT2D eigenvalue weighted by atomic mass is 10.3. The van der Waals surface area contributed by atoms with E-state index < -0.39 is 5.79 Å². The van der Waals surface area contributed by atoms with Crippen LogP contribution in [-0.2, 0) is 0 Å². The molecule has 1 aromatic carbocycles. The average Bonchev–Trinajstić information content (AvgIpc) is 2.25. The number of hydrogen-bond donors (Lipinski definition) is 1. The molecule has 3 nitrogen and oxygen atoms in total. The highest BCUT2D eigenvalue weighted by Crippen LogP contribution is 2.44. The van der Waals surface area contributed by atoms with Gasteiger partial charge in [-0.3, -0.25) is 0 Å². The van der Waals surface area contributed by atoms with Gasteiger partial charge in [0.05, 0.1) is 0 Å². The molecular weight excluding hydrogens is 156 g/mol. The van der Waals surface area contributed by atoms with Crippen LogP contribution in [0.15, 0.2) is 18.2 Å². The van der Waals surface area contributed by atoms with Gasteiger partial charge >= 0.3 is 0 Å². The first-order valence-corrected chi connectivity index (χ1v) is 3.78. The first-order chi connectivity index (χ1) is 5.58. The minimum atomic E-state index is -0.666. The summed E-state index contributed by atoms with van der Waals surface area (Å²) in [6, 6.07) is 5.06.